The molecule has 0 bridgehead atoms. The Balaban J connectivity index is 2.75. The third-order valence-corrected chi connectivity index (χ3v) is 1.01. The maximum Gasteiger partial charge on any atom is 0.0252 e. The van der Waals surface area contributed by atoms with Crippen LogP contribution in [0.2, 0.25) is 0 Å². The first kappa shape index (κ1) is 6.27. The lowest BCUT2D eigenvalue weighted by molar-refractivity contribution is 0.765. The summed E-state index contributed by atoms with van der Waals surface area (Å²) in [6, 6.07) is 0.0772. The third-order valence-electron chi connectivity index (χ3n) is 0.537. The zero-order valence-corrected chi connectivity index (χ0v) is 4.49. The summed E-state index contributed by atoms with van der Waals surface area (Å²) in [5, 5.41) is 0. The van der Waals surface area contributed by atoms with Crippen molar-refractivity contribution in [3.8, 4) is 0 Å². The molecule has 0 aromatic carbocycles. The molecular weight excluding hydrogens is 96.1 g/mol. The van der Waals surface area contributed by atoms with Crippen molar-refractivity contribution in [1.29, 1.82) is 0 Å². The lowest BCUT2D eigenvalue weighted by Gasteiger charge is -1.99. The van der Waals surface area contributed by atoms with E-state index in [1.807, 2.05) is 0 Å². The maximum absolute atomic E-state index is 5.27. The van der Waals surface area contributed by atoms with Gasteiger partial charge in [-0.25, -0.2) is 0 Å². The van der Waals surface area contributed by atoms with Crippen LogP contribution in [0.15, 0.2) is 0 Å². The summed E-state index contributed by atoms with van der Waals surface area (Å²) in [6.45, 7) is 0.531. The Bertz CT molecular complexity index is 28.0. The fourth-order valence-electron chi connectivity index (χ4n) is 0.0745. The predicted molar refractivity (Wildman–Crippen MR) is 30.9 cm³/mol. The van der Waals surface area contributed by atoms with Gasteiger partial charge in [0, 0.05) is 18.3 Å². The molecule has 4 N–H and O–H groups in total. The second kappa shape index (κ2) is 3.46. The van der Waals surface area contributed by atoms with Gasteiger partial charge >= 0.3 is 0 Å². The zero-order chi connectivity index (χ0) is 4.99. The molecule has 0 aliphatic heterocycles. The van der Waals surface area contributed by atoms with Gasteiger partial charge in [-0.1, -0.05) is 0 Å². The molecule has 1 atom stereocenters. The molecule has 6 heavy (non-hydrogen) atoms. The molecule has 0 aromatic heterocycles. The predicted octanol–water partition coefficient (Wildman–Crippen LogP) is -0.798. The lowest BCUT2D eigenvalue weighted by Crippen LogP contribution is -2.30. The molecular formula is C3H10N2S. The van der Waals surface area contributed by atoms with Gasteiger partial charge in [-0.2, -0.15) is 12.6 Å². The smallest absolute Gasteiger partial charge is 0.0252 e. The molecule has 38 valence electrons. The van der Waals surface area contributed by atoms with Gasteiger partial charge in [-0.05, 0) is 0 Å². The highest BCUT2D eigenvalue weighted by atomic mass is 32.1. The summed E-state index contributed by atoms with van der Waals surface area (Å²) in [7, 11) is 0. The van der Waals surface area contributed by atoms with E-state index in [1.54, 1.807) is 0 Å². The second-order valence-electron chi connectivity index (χ2n) is 1.18. The number of thiol groups is 1. The van der Waals surface area contributed by atoms with Gasteiger partial charge in [0.05, 0.1) is 0 Å². The molecule has 0 aliphatic rings. The van der Waals surface area contributed by atoms with E-state index in [4.69, 9.17) is 11.5 Å². The van der Waals surface area contributed by atoms with Crippen LogP contribution in [-0.4, -0.2) is 18.3 Å². The van der Waals surface area contributed by atoms with Crippen LogP contribution < -0.4 is 11.5 Å². The van der Waals surface area contributed by atoms with Gasteiger partial charge in [0.25, 0.3) is 0 Å². The van der Waals surface area contributed by atoms with E-state index in [0.717, 1.165) is 0 Å². The molecule has 0 heterocycles. The zero-order valence-electron chi connectivity index (χ0n) is 3.59. The Morgan fingerprint density at radius 3 is 2.17 bits per heavy atom. The number of rotatable bonds is 2. The number of nitrogens with two attached hydrogens (primary N) is 2. The fraction of sp³-hybridized carbons (Fsp3) is 1.00. The van der Waals surface area contributed by atoms with Crippen molar-refractivity contribution in [1.82, 2.24) is 0 Å². The van der Waals surface area contributed by atoms with Crippen LogP contribution in [0.3, 0.4) is 0 Å². The van der Waals surface area contributed by atoms with Crippen molar-refractivity contribution in [3.63, 3.8) is 0 Å². The third kappa shape index (κ3) is 2.50. The minimum Gasteiger partial charge on any atom is -0.329 e. The van der Waals surface area contributed by atoms with E-state index < -0.39 is 0 Å². The minimum absolute atomic E-state index is 0.0772. The van der Waals surface area contributed by atoms with Crippen LogP contribution in [-0.2, 0) is 0 Å². The quantitative estimate of drug-likeness (QED) is 0.404. The molecule has 0 radical (unpaired) electrons. The second-order valence-corrected chi connectivity index (χ2v) is 1.54. The Hall–Kier alpha value is 0.270. The highest BCUT2D eigenvalue weighted by Crippen LogP contribution is 1.75. The summed E-state index contributed by atoms with van der Waals surface area (Å²) in [4.78, 5) is 0. The molecule has 0 saturated heterocycles. The van der Waals surface area contributed by atoms with E-state index in [1.165, 1.54) is 0 Å². The minimum atomic E-state index is 0.0772. The molecule has 0 aromatic rings. The van der Waals surface area contributed by atoms with E-state index in [9.17, 15) is 0 Å². The van der Waals surface area contributed by atoms with Crippen molar-refractivity contribution in [2.24, 2.45) is 11.5 Å². The van der Waals surface area contributed by atoms with Crippen LogP contribution in [0.1, 0.15) is 0 Å². The van der Waals surface area contributed by atoms with Gasteiger partial charge in [0.1, 0.15) is 0 Å². The van der Waals surface area contributed by atoms with Crippen molar-refractivity contribution >= 4 is 12.6 Å². The standard InChI is InChI=1S/C3H10N2S/c4-1-3(5)2-6/h3,6H,1-2,4-5H2/t3-/m1/s1. The SMILES string of the molecule is NC[C@@H](N)CS. The van der Waals surface area contributed by atoms with Gasteiger partial charge in [0.15, 0.2) is 0 Å². The molecule has 0 aliphatic carbocycles. The Morgan fingerprint density at radius 1 is 1.67 bits per heavy atom. The molecule has 0 rings (SSSR count). The van der Waals surface area contributed by atoms with Crippen molar-refractivity contribution < 1.29 is 0 Å². The highest BCUT2D eigenvalue weighted by molar-refractivity contribution is 7.80. The molecule has 0 unspecified atom stereocenters. The molecule has 3 heteroatoms. The first-order valence-corrected chi connectivity index (χ1v) is 2.51. The van der Waals surface area contributed by atoms with Crippen LogP contribution in [0.4, 0.5) is 0 Å². The van der Waals surface area contributed by atoms with Crippen LogP contribution in [0.25, 0.3) is 0 Å². The molecule has 0 amide bonds. The lowest BCUT2D eigenvalue weighted by atomic mass is 10.4. The summed E-state index contributed by atoms with van der Waals surface area (Å²) in [5.41, 5.74) is 10.4. The van der Waals surface area contributed by atoms with Crippen molar-refractivity contribution in [3.05, 3.63) is 0 Å². The van der Waals surface area contributed by atoms with Gasteiger partial charge in [-0.15, -0.1) is 0 Å². The molecule has 0 spiro atoms. The van der Waals surface area contributed by atoms with E-state index >= 15 is 0 Å². The molecule has 2 nitrogen and oxygen atoms in total. The Kier molecular flexibility index (Phi) is 3.62. The van der Waals surface area contributed by atoms with E-state index in [2.05, 4.69) is 12.6 Å². The topological polar surface area (TPSA) is 52.0 Å². The normalized spacial score (nSPS) is 14.5. The highest BCUT2D eigenvalue weighted by Gasteiger charge is 1.89. The van der Waals surface area contributed by atoms with E-state index in [0.29, 0.717) is 12.3 Å². The van der Waals surface area contributed by atoms with Crippen LogP contribution in [0.5, 0.6) is 0 Å². The Labute approximate surface area is 43.3 Å². The molecule has 0 fully saturated rings. The van der Waals surface area contributed by atoms with Crippen LogP contribution in [0, 0.1) is 0 Å². The summed E-state index contributed by atoms with van der Waals surface area (Å²) >= 11 is 3.89. The summed E-state index contributed by atoms with van der Waals surface area (Å²) in [5.74, 6) is 0.677. The number of hydrogen-bond acceptors (Lipinski definition) is 3. The maximum atomic E-state index is 5.27. The summed E-state index contributed by atoms with van der Waals surface area (Å²) in [6.07, 6.45) is 0. The van der Waals surface area contributed by atoms with E-state index in [-0.39, 0.29) is 6.04 Å². The van der Waals surface area contributed by atoms with Gasteiger partial charge < -0.3 is 11.5 Å². The first-order valence-electron chi connectivity index (χ1n) is 1.87. The van der Waals surface area contributed by atoms with Crippen LogP contribution >= 0.6 is 12.6 Å². The Morgan fingerprint density at radius 2 is 2.17 bits per heavy atom. The monoisotopic (exact) mass is 106 g/mol. The summed E-state index contributed by atoms with van der Waals surface area (Å²) < 4.78 is 0. The van der Waals surface area contributed by atoms with Crippen molar-refractivity contribution in [2.45, 2.75) is 6.04 Å². The van der Waals surface area contributed by atoms with Crippen molar-refractivity contribution in [2.75, 3.05) is 12.3 Å². The van der Waals surface area contributed by atoms with Gasteiger partial charge in [-0.3, -0.25) is 0 Å². The molecule has 0 saturated carbocycles. The average molecular weight is 106 g/mol. The largest absolute Gasteiger partial charge is 0.329 e. The average Bonchev–Trinajstić information content (AvgIpc) is 1.65. The van der Waals surface area contributed by atoms with Gasteiger partial charge in [0.2, 0.25) is 0 Å². The number of hydrogen-bond donors (Lipinski definition) is 3. The fourth-order valence-corrected chi connectivity index (χ4v) is 0.224. The first-order chi connectivity index (χ1) is 2.81.